The van der Waals surface area contributed by atoms with Crippen LogP contribution in [0.25, 0.3) is 10.9 Å². The van der Waals surface area contributed by atoms with E-state index < -0.39 is 17.8 Å². The third kappa shape index (κ3) is 4.48. The van der Waals surface area contributed by atoms with Gasteiger partial charge in [0, 0.05) is 22.5 Å². The minimum Gasteiger partial charge on any atom is -0.373 e. The van der Waals surface area contributed by atoms with E-state index >= 15 is 0 Å². The number of alkyl halides is 3. The fraction of sp³-hybridized carbons (Fsp3) is 0.417. The highest BCUT2D eigenvalue weighted by Crippen LogP contribution is 2.39. The summed E-state index contributed by atoms with van der Waals surface area (Å²) >= 11 is 0. The molecule has 1 unspecified atom stereocenters. The van der Waals surface area contributed by atoms with Crippen molar-refractivity contribution >= 4 is 10.9 Å². The lowest BCUT2D eigenvalue weighted by molar-refractivity contribution is -0.137. The summed E-state index contributed by atoms with van der Waals surface area (Å²) in [5.41, 5.74) is 0.958. The van der Waals surface area contributed by atoms with Crippen molar-refractivity contribution < 1.29 is 22.3 Å². The van der Waals surface area contributed by atoms with Gasteiger partial charge in [0.15, 0.2) is 0 Å². The first-order valence-corrected chi connectivity index (χ1v) is 10.4. The van der Waals surface area contributed by atoms with E-state index in [1.165, 1.54) is 18.2 Å². The molecule has 2 aromatic carbocycles. The van der Waals surface area contributed by atoms with Crippen molar-refractivity contribution in [1.29, 1.82) is 0 Å². The third-order valence-electron chi connectivity index (χ3n) is 6.48. The molecule has 1 N–H and O–H groups in total. The summed E-state index contributed by atoms with van der Waals surface area (Å²) in [5.74, 6) is -0.292. The SMILES string of the molecule is CC(OCC1(c2ccc(F)cc2)CCN(C)CC1)c1cc(C(F)(F)F)cc2[nH]ccc12. The molecule has 0 bridgehead atoms. The highest BCUT2D eigenvalue weighted by molar-refractivity contribution is 5.84. The molecule has 3 aromatic rings. The Balaban J connectivity index is 1.62. The van der Waals surface area contributed by atoms with Crippen LogP contribution >= 0.6 is 0 Å². The molecule has 0 saturated carbocycles. The molecule has 31 heavy (non-hydrogen) atoms. The number of rotatable bonds is 5. The number of benzene rings is 2. The minimum atomic E-state index is -4.43. The first-order chi connectivity index (χ1) is 14.7. The Hall–Kier alpha value is -2.38. The number of nitrogens with one attached hydrogen (secondary N) is 1. The number of ether oxygens (including phenoxy) is 1. The molecule has 1 aliphatic rings. The molecule has 1 saturated heterocycles. The number of hydrogen-bond donors (Lipinski definition) is 1. The van der Waals surface area contributed by atoms with Gasteiger partial charge >= 0.3 is 6.18 Å². The fourth-order valence-electron chi connectivity index (χ4n) is 4.44. The Morgan fingerprint density at radius 2 is 1.77 bits per heavy atom. The van der Waals surface area contributed by atoms with E-state index in [0.717, 1.165) is 42.9 Å². The second-order valence-electron chi connectivity index (χ2n) is 8.55. The number of piperidine rings is 1. The van der Waals surface area contributed by atoms with Crippen molar-refractivity contribution in [2.45, 2.75) is 37.5 Å². The maximum atomic E-state index is 13.5. The van der Waals surface area contributed by atoms with Gasteiger partial charge in [-0.2, -0.15) is 13.2 Å². The molecule has 0 spiro atoms. The first-order valence-electron chi connectivity index (χ1n) is 10.4. The van der Waals surface area contributed by atoms with Gasteiger partial charge in [-0.3, -0.25) is 0 Å². The van der Waals surface area contributed by atoms with Crippen LogP contribution in [0, 0.1) is 5.82 Å². The van der Waals surface area contributed by atoms with Crippen LogP contribution in [-0.2, 0) is 16.3 Å². The van der Waals surface area contributed by atoms with Gasteiger partial charge in [-0.25, -0.2) is 4.39 Å². The zero-order chi connectivity index (χ0) is 22.2. The Morgan fingerprint density at radius 1 is 1.10 bits per heavy atom. The molecule has 0 radical (unpaired) electrons. The molecular formula is C24H26F4N2O. The van der Waals surface area contributed by atoms with Crippen LogP contribution in [0.15, 0.2) is 48.7 Å². The van der Waals surface area contributed by atoms with E-state index in [1.54, 1.807) is 31.3 Å². The molecule has 4 rings (SSSR count). The molecule has 1 fully saturated rings. The van der Waals surface area contributed by atoms with Gasteiger partial charge in [-0.05, 0) is 81.4 Å². The largest absolute Gasteiger partial charge is 0.416 e. The van der Waals surface area contributed by atoms with Crippen molar-refractivity contribution in [2.24, 2.45) is 0 Å². The molecule has 3 nitrogen and oxygen atoms in total. The lowest BCUT2D eigenvalue weighted by Gasteiger charge is -2.41. The Morgan fingerprint density at radius 3 is 2.42 bits per heavy atom. The summed E-state index contributed by atoms with van der Waals surface area (Å²) in [5, 5.41) is 0.722. The lowest BCUT2D eigenvalue weighted by Crippen LogP contribution is -2.44. The summed E-state index contributed by atoms with van der Waals surface area (Å²) < 4.78 is 59.9. The smallest absolute Gasteiger partial charge is 0.373 e. The van der Waals surface area contributed by atoms with Crippen LogP contribution in [0.2, 0.25) is 0 Å². The maximum absolute atomic E-state index is 13.5. The summed E-state index contributed by atoms with van der Waals surface area (Å²) in [6, 6.07) is 10.6. The average Bonchev–Trinajstić information content (AvgIpc) is 3.21. The number of aromatic amines is 1. The average molecular weight is 434 g/mol. The van der Waals surface area contributed by atoms with Crippen molar-refractivity contribution in [3.63, 3.8) is 0 Å². The van der Waals surface area contributed by atoms with Crippen LogP contribution in [0.1, 0.15) is 42.6 Å². The van der Waals surface area contributed by atoms with E-state index in [-0.39, 0.29) is 11.2 Å². The molecule has 0 aliphatic carbocycles. The van der Waals surface area contributed by atoms with E-state index in [1.807, 2.05) is 0 Å². The second kappa shape index (κ2) is 8.28. The molecule has 166 valence electrons. The van der Waals surface area contributed by atoms with Crippen LogP contribution in [0.3, 0.4) is 0 Å². The summed E-state index contributed by atoms with van der Waals surface area (Å²) in [6.07, 6.45) is -1.65. The van der Waals surface area contributed by atoms with E-state index in [0.29, 0.717) is 17.7 Å². The van der Waals surface area contributed by atoms with Crippen molar-refractivity contribution in [3.8, 4) is 0 Å². The van der Waals surface area contributed by atoms with Crippen LogP contribution < -0.4 is 0 Å². The van der Waals surface area contributed by atoms with Crippen LogP contribution in [0.4, 0.5) is 17.6 Å². The van der Waals surface area contributed by atoms with Crippen molar-refractivity contribution in [3.05, 3.63) is 71.2 Å². The number of aromatic nitrogens is 1. The van der Waals surface area contributed by atoms with Gasteiger partial charge < -0.3 is 14.6 Å². The number of H-pyrrole nitrogens is 1. The van der Waals surface area contributed by atoms with Crippen LogP contribution in [-0.4, -0.2) is 36.6 Å². The molecule has 1 atom stereocenters. The number of fused-ring (bicyclic) bond motifs is 1. The van der Waals surface area contributed by atoms with E-state index in [9.17, 15) is 17.6 Å². The van der Waals surface area contributed by atoms with Crippen molar-refractivity contribution in [1.82, 2.24) is 9.88 Å². The molecular weight excluding hydrogens is 408 g/mol. The van der Waals surface area contributed by atoms with Gasteiger partial charge in [-0.1, -0.05) is 12.1 Å². The summed E-state index contributed by atoms with van der Waals surface area (Å²) in [6.45, 7) is 3.90. The molecule has 7 heteroatoms. The van der Waals surface area contributed by atoms with Gasteiger partial charge in [0.1, 0.15) is 5.82 Å². The van der Waals surface area contributed by atoms with Crippen LogP contribution in [0.5, 0.6) is 0 Å². The number of nitrogens with zero attached hydrogens (tertiary/aromatic N) is 1. The highest BCUT2D eigenvalue weighted by atomic mass is 19.4. The second-order valence-corrected chi connectivity index (χ2v) is 8.55. The normalized spacial score (nSPS) is 18.4. The zero-order valence-electron chi connectivity index (χ0n) is 17.6. The number of hydrogen-bond acceptors (Lipinski definition) is 2. The fourth-order valence-corrected chi connectivity index (χ4v) is 4.44. The third-order valence-corrected chi connectivity index (χ3v) is 6.48. The predicted octanol–water partition coefficient (Wildman–Crippen LogP) is 6.07. The van der Waals surface area contributed by atoms with Gasteiger partial charge in [0.2, 0.25) is 0 Å². The monoisotopic (exact) mass is 434 g/mol. The molecule has 1 aromatic heterocycles. The van der Waals surface area contributed by atoms with E-state index in [4.69, 9.17) is 4.74 Å². The standard InChI is InChI=1S/C24H26F4N2O/c1-16(21-13-18(24(26,27)28)14-22-20(21)7-10-29-22)31-15-23(8-11-30(2)12-9-23)17-3-5-19(25)6-4-17/h3-7,10,13-14,16,29H,8-9,11-12,15H2,1-2H3. The first kappa shape index (κ1) is 21.8. The lowest BCUT2D eigenvalue weighted by atomic mass is 9.73. The zero-order valence-corrected chi connectivity index (χ0v) is 17.6. The van der Waals surface area contributed by atoms with E-state index in [2.05, 4.69) is 16.9 Å². The van der Waals surface area contributed by atoms with Gasteiger partial charge in [0.05, 0.1) is 18.3 Å². The van der Waals surface area contributed by atoms with Gasteiger partial charge in [-0.15, -0.1) is 0 Å². The molecule has 0 amide bonds. The Bertz CT molecular complexity index is 1030. The molecule has 2 heterocycles. The van der Waals surface area contributed by atoms with Gasteiger partial charge in [0.25, 0.3) is 0 Å². The highest BCUT2D eigenvalue weighted by Gasteiger charge is 2.37. The number of halogens is 4. The summed E-state index contributed by atoms with van der Waals surface area (Å²) in [4.78, 5) is 5.12. The number of likely N-dealkylation sites (tertiary alicyclic amines) is 1. The minimum absolute atomic E-state index is 0.292. The quantitative estimate of drug-likeness (QED) is 0.494. The predicted molar refractivity (Wildman–Crippen MR) is 112 cm³/mol. The van der Waals surface area contributed by atoms with Crippen molar-refractivity contribution in [2.75, 3.05) is 26.7 Å². The Labute approximate surface area is 179 Å². The maximum Gasteiger partial charge on any atom is 0.416 e. The summed E-state index contributed by atoms with van der Waals surface area (Å²) in [7, 11) is 2.06. The Kier molecular flexibility index (Phi) is 5.83. The molecule has 1 aliphatic heterocycles. The topological polar surface area (TPSA) is 28.3 Å².